The number of Topliss-reactive ketones (excluding diaryl/α,β-unsaturated/α-hetero) is 1. The van der Waals surface area contributed by atoms with E-state index in [1.165, 1.54) is 19.1 Å². The molecule has 0 unspecified atom stereocenters. The Morgan fingerprint density at radius 1 is 1.17 bits per heavy atom. The monoisotopic (exact) mass is 348 g/mol. The van der Waals surface area contributed by atoms with E-state index >= 15 is 0 Å². The quantitative estimate of drug-likeness (QED) is 0.831. The highest BCUT2D eigenvalue weighted by atomic mass is 35.5. The molecule has 1 N–H and O–H groups in total. The first-order valence-corrected chi connectivity index (χ1v) is 7.70. The van der Waals surface area contributed by atoms with E-state index in [1.807, 2.05) is 19.0 Å². The highest BCUT2D eigenvalue weighted by molar-refractivity contribution is 6.31. The topological polar surface area (TPSA) is 49.4 Å². The summed E-state index contributed by atoms with van der Waals surface area (Å²) in [5, 5.41) is 3.24. The van der Waals surface area contributed by atoms with Gasteiger partial charge in [-0.25, -0.2) is 4.39 Å². The molecular weight excluding hydrogens is 331 g/mol. The molecule has 0 heterocycles. The van der Waals surface area contributed by atoms with Gasteiger partial charge >= 0.3 is 0 Å². The zero-order valence-electron chi connectivity index (χ0n) is 13.7. The summed E-state index contributed by atoms with van der Waals surface area (Å²) in [6.07, 6.45) is 0. The summed E-state index contributed by atoms with van der Waals surface area (Å²) in [5.74, 6) is -1.57. The minimum atomic E-state index is -0.734. The van der Waals surface area contributed by atoms with Crippen molar-refractivity contribution in [1.82, 2.24) is 4.90 Å². The van der Waals surface area contributed by atoms with Crippen molar-refractivity contribution in [2.24, 2.45) is 0 Å². The Kier molecular flexibility index (Phi) is 5.70. The van der Waals surface area contributed by atoms with Crippen LogP contribution >= 0.6 is 11.6 Å². The Bertz CT molecular complexity index is 791. The van der Waals surface area contributed by atoms with Gasteiger partial charge in [-0.2, -0.15) is 0 Å². The lowest BCUT2D eigenvalue weighted by molar-refractivity contribution is 0.100. The number of carbonyl (C=O) groups is 2. The molecule has 0 atom stereocenters. The number of halogens is 2. The molecule has 0 aliphatic heterocycles. The predicted molar refractivity (Wildman–Crippen MR) is 93.2 cm³/mol. The third-order valence-corrected chi connectivity index (χ3v) is 3.78. The fourth-order valence-electron chi connectivity index (χ4n) is 2.23. The standard InChI is InChI=1S/C18H18ClFN2O2/c1-11(23)12-4-6-15(17(20)9-12)18(24)21-14-5-7-16(19)13(8-14)10-22(2)3/h4-9H,10H2,1-3H3,(H,21,24). The first-order chi connectivity index (χ1) is 11.3. The summed E-state index contributed by atoms with van der Waals surface area (Å²) in [6.45, 7) is 1.96. The number of amides is 1. The van der Waals surface area contributed by atoms with E-state index in [9.17, 15) is 14.0 Å². The maximum absolute atomic E-state index is 14.0. The van der Waals surface area contributed by atoms with Gasteiger partial charge in [0.1, 0.15) is 5.82 Å². The molecule has 0 saturated carbocycles. The van der Waals surface area contributed by atoms with Crippen molar-refractivity contribution in [3.63, 3.8) is 0 Å². The van der Waals surface area contributed by atoms with Crippen molar-refractivity contribution in [3.05, 3.63) is 63.9 Å². The molecule has 126 valence electrons. The second-order valence-corrected chi connectivity index (χ2v) is 6.16. The van der Waals surface area contributed by atoms with E-state index in [-0.39, 0.29) is 16.9 Å². The van der Waals surface area contributed by atoms with Crippen LogP contribution in [0.2, 0.25) is 5.02 Å². The van der Waals surface area contributed by atoms with Crippen molar-refractivity contribution >= 4 is 29.0 Å². The van der Waals surface area contributed by atoms with Gasteiger partial charge in [0.05, 0.1) is 5.56 Å². The van der Waals surface area contributed by atoms with E-state index in [0.29, 0.717) is 17.3 Å². The molecule has 0 bridgehead atoms. The van der Waals surface area contributed by atoms with Gasteiger partial charge in [0.25, 0.3) is 5.91 Å². The highest BCUT2D eigenvalue weighted by Crippen LogP contribution is 2.22. The zero-order valence-corrected chi connectivity index (χ0v) is 14.4. The second kappa shape index (κ2) is 7.55. The van der Waals surface area contributed by atoms with E-state index in [2.05, 4.69) is 5.32 Å². The molecule has 0 aromatic heterocycles. The SMILES string of the molecule is CC(=O)c1ccc(C(=O)Nc2ccc(Cl)c(CN(C)C)c2)c(F)c1. The van der Waals surface area contributed by atoms with Crippen LogP contribution in [-0.4, -0.2) is 30.7 Å². The number of hydrogen-bond donors (Lipinski definition) is 1. The number of carbonyl (C=O) groups excluding carboxylic acids is 2. The number of hydrogen-bond acceptors (Lipinski definition) is 3. The summed E-state index contributed by atoms with van der Waals surface area (Å²) in [6, 6.07) is 8.89. The van der Waals surface area contributed by atoms with Gasteiger partial charge in [0, 0.05) is 22.8 Å². The van der Waals surface area contributed by atoms with Gasteiger partial charge in [-0.05, 0) is 56.9 Å². The van der Waals surface area contributed by atoms with Crippen molar-refractivity contribution in [2.45, 2.75) is 13.5 Å². The normalized spacial score (nSPS) is 10.8. The molecule has 6 heteroatoms. The van der Waals surface area contributed by atoms with Crippen LogP contribution in [0.3, 0.4) is 0 Å². The second-order valence-electron chi connectivity index (χ2n) is 5.75. The third-order valence-electron chi connectivity index (χ3n) is 3.41. The maximum atomic E-state index is 14.0. The van der Waals surface area contributed by atoms with Crippen LogP contribution in [0.25, 0.3) is 0 Å². The molecule has 0 spiro atoms. The molecule has 2 aromatic rings. The van der Waals surface area contributed by atoms with Gasteiger partial charge < -0.3 is 10.2 Å². The van der Waals surface area contributed by atoms with Gasteiger partial charge in [0.15, 0.2) is 5.78 Å². The fourth-order valence-corrected chi connectivity index (χ4v) is 2.41. The predicted octanol–water partition coefficient (Wildman–Crippen LogP) is 4.00. The van der Waals surface area contributed by atoms with Crippen molar-refractivity contribution in [2.75, 3.05) is 19.4 Å². The lowest BCUT2D eigenvalue weighted by atomic mass is 10.1. The van der Waals surface area contributed by atoms with Crippen LogP contribution in [0.4, 0.5) is 10.1 Å². The average Bonchev–Trinajstić information content (AvgIpc) is 2.49. The summed E-state index contributed by atoms with van der Waals surface area (Å²) < 4.78 is 14.0. The number of rotatable bonds is 5. The van der Waals surface area contributed by atoms with Crippen LogP contribution < -0.4 is 5.32 Å². The molecule has 0 aliphatic rings. The van der Waals surface area contributed by atoms with Crippen LogP contribution in [0, 0.1) is 5.82 Å². The number of ketones is 1. The summed E-state index contributed by atoms with van der Waals surface area (Å²) in [7, 11) is 3.82. The Hall–Kier alpha value is -2.24. The molecular formula is C18H18ClFN2O2. The first kappa shape index (κ1) is 18.1. The van der Waals surface area contributed by atoms with E-state index in [4.69, 9.17) is 11.6 Å². The lowest BCUT2D eigenvalue weighted by Gasteiger charge is -2.13. The Labute approximate surface area is 145 Å². The van der Waals surface area contributed by atoms with Crippen LogP contribution in [-0.2, 0) is 6.54 Å². The van der Waals surface area contributed by atoms with Gasteiger partial charge in [-0.3, -0.25) is 9.59 Å². The van der Waals surface area contributed by atoms with Crippen LogP contribution in [0.5, 0.6) is 0 Å². The molecule has 2 aromatic carbocycles. The van der Waals surface area contributed by atoms with Gasteiger partial charge in [-0.1, -0.05) is 17.7 Å². The molecule has 0 aliphatic carbocycles. The number of anilines is 1. The van der Waals surface area contributed by atoms with Crippen molar-refractivity contribution < 1.29 is 14.0 Å². The van der Waals surface area contributed by atoms with Crippen LogP contribution in [0.1, 0.15) is 33.2 Å². The molecule has 2 rings (SSSR count). The smallest absolute Gasteiger partial charge is 0.258 e. The molecule has 0 saturated heterocycles. The largest absolute Gasteiger partial charge is 0.322 e. The fraction of sp³-hybridized carbons (Fsp3) is 0.222. The minimum Gasteiger partial charge on any atom is -0.322 e. The summed E-state index contributed by atoms with van der Waals surface area (Å²) in [5.41, 5.74) is 1.48. The minimum absolute atomic E-state index is 0.121. The van der Waals surface area contributed by atoms with Crippen LogP contribution in [0.15, 0.2) is 36.4 Å². The molecule has 4 nitrogen and oxygen atoms in total. The first-order valence-electron chi connectivity index (χ1n) is 7.33. The zero-order chi connectivity index (χ0) is 17.9. The molecule has 0 fully saturated rings. The average molecular weight is 349 g/mol. The maximum Gasteiger partial charge on any atom is 0.258 e. The van der Waals surface area contributed by atoms with Gasteiger partial charge in [-0.15, -0.1) is 0 Å². The van der Waals surface area contributed by atoms with Crippen molar-refractivity contribution in [3.8, 4) is 0 Å². The number of nitrogens with zero attached hydrogens (tertiary/aromatic N) is 1. The van der Waals surface area contributed by atoms with Crippen molar-refractivity contribution in [1.29, 1.82) is 0 Å². The number of nitrogens with one attached hydrogen (secondary N) is 1. The summed E-state index contributed by atoms with van der Waals surface area (Å²) in [4.78, 5) is 25.4. The molecule has 24 heavy (non-hydrogen) atoms. The van der Waals surface area contributed by atoms with Gasteiger partial charge in [0.2, 0.25) is 0 Å². The Morgan fingerprint density at radius 2 is 1.88 bits per heavy atom. The Balaban J connectivity index is 2.22. The number of benzene rings is 2. The highest BCUT2D eigenvalue weighted by Gasteiger charge is 2.14. The van der Waals surface area contributed by atoms with E-state index in [0.717, 1.165) is 11.6 Å². The lowest BCUT2D eigenvalue weighted by Crippen LogP contribution is -2.15. The Morgan fingerprint density at radius 3 is 2.46 bits per heavy atom. The third kappa shape index (κ3) is 4.40. The summed E-state index contributed by atoms with van der Waals surface area (Å²) >= 11 is 6.13. The molecule has 1 amide bonds. The van der Waals surface area contributed by atoms with E-state index in [1.54, 1.807) is 18.2 Å². The molecule has 0 radical (unpaired) electrons. The van der Waals surface area contributed by atoms with E-state index < -0.39 is 11.7 Å².